The smallest absolute Gasteiger partial charge is 0.495 e. The Balaban J connectivity index is 2.12. The summed E-state index contributed by atoms with van der Waals surface area (Å²) in [6.07, 6.45) is 0. The Bertz CT molecular complexity index is 648. The van der Waals surface area contributed by atoms with Crippen LogP contribution in [-0.4, -0.2) is 23.4 Å². The molecule has 0 spiro atoms. The molecule has 0 atom stereocenters. The molecule has 2 aromatic carbocycles. The summed E-state index contributed by atoms with van der Waals surface area (Å²) in [5.74, 6) is 0.230. The first-order valence-electron chi connectivity index (χ1n) is 6.87. The molecule has 2 aromatic rings. The van der Waals surface area contributed by atoms with Crippen molar-refractivity contribution in [2.45, 2.75) is 38.9 Å². The van der Waals surface area contributed by atoms with Crippen LogP contribution in [0.1, 0.15) is 27.7 Å². The quantitative estimate of drug-likeness (QED) is 0.810. The van der Waals surface area contributed by atoms with Crippen LogP contribution in [0.15, 0.2) is 36.4 Å². The van der Waals surface area contributed by atoms with Gasteiger partial charge in [0.1, 0.15) is 5.75 Å². The third-order valence-electron chi connectivity index (χ3n) is 4.39. The largest absolute Gasteiger partial charge is 0.508 e. The third-order valence-corrected chi connectivity index (χ3v) is 4.39. The lowest BCUT2D eigenvalue weighted by Crippen LogP contribution is -2.41. The van der Waals surface area contributed by atoms with E-state index < -0.39 is 7.12 Å². The molecule has 1 aliphatic rings. The van der Waals surface area contributed by atoms with E-state index in [1.54, 1.807) is 12.1 Å². The second-order valence-corrected chi connectivity index (χ2v) is 6.34. The molecule has 0 unspecified atom stereocenters. The normalized spacial score (nSPS) is 20.5. The van der Waals surface area contributed by atoms with E-state index in [2.05, 4.69) is 0 Å². The molecule has 0 aliphatic carbocycles. The molecule has 0 amide bonds. The van der Waals surface area contributed by atoms with E-state index in [1.165, 1.54) is 0 Å². The minimum Gasteiger partial charge on any atom is -0.508 e. The van der Waals surface area contributed by atoms with Crippen LogP contribution in [-0.2, 0) is 9.31 Å². The number of aromatic hydroxyl groups is 1. The minimum atomic E-state index is -0.461. The van der Waals surface area contributed by atoms with Crippen molar-refractivity contribution in [1.82, 2.24) is 0 Å². The minimum absolute atomic E-state index is 0.230. The average Bonchev–Trinajstić information content (AvgIpc) is 2.57. The van der Waals surface area contributed by atoms with Crippen LogP contribution in [0.2, 0.25) is 0 Å². The van der Waals surface area contributed by atoms with Crippen LogP contribution in [0.3, 0.4) is 0 Å². The first-order valence-corrected chi connectivity index (χ1v) is 6.87. The highest BCUT2D eigenvalue weighted by molar-refractivity contribution is 6.65. The maximum atomic E-state index is 9.92. The van der Waals surface area contributed by atoms with Crippen LogP contribution in [0.5, 0.6) is 5.75 Å². The summed E-state index contributed by atoms with van der Waals surface area (Å²) in [5.41, 5.74) is 0.105. The standard InChI is InChI=1S/C16H19BO3/c1-15(2)16(3,4)20-17(19-15)14-10-12(18)9-11-7-5-6-8-13(11)14/h5-10,18H,1-4H3. The van der Waals surface area contributed by atoms with E-state index in [4.69, 9.17) is 9.31 Å². The van der Waals surface area contributed by atoms with E-state index in [0.29, 0.717) is 0 Å². The maximum absolute atomic E-state index is 9.92. The summed E-state index contributed by atoms with van der Waals surface area (Å²) < 4.78 is 12.2. The molecular weight excluding hydrogens is 251 g/mol. The SMILES string of the molecule is CC1(C)OB(c2cc(O)cc3ccccc23)OC1(C)C. The average molecular weight is 270 g/mol. The molecule has 104 valence electrons. The molecular formula is C16H19BO3. The number of hydrogen-bond acceptors (Lipinski definition) is 3. The van der Waals surface area contributed by atoms with Gasteiger partial charge in [-0.1, -0.05) is 24.3 Å². The van der Waals surface area contributed by atoms with Crippen LogP contribution in [0.4, 0.5) is 0 Å². The highest BCUT2D eigenvalue weighted by Gasteiger charge is 2.52. The summed E-state index contributed by atoms with van der Waals surface area (Å²) in [6, 6.07) is 11.4. The van der Waals surface area contributed by atoms with Crippen molar-refractivity contribution in [3.05, 3.63) is 36.4 Å². The van der Waals surface area contributed by atoms with E-state index in [9.17, 15) is 5.11 Å². The Morgan fingerprint density at radius 2 is 1.55 bits per heavy atom. The van der Waals surface area contributed by atoms with Gasteiger partial charge in [-0.25, -0.2) is 0 Å². The molecule has 20 heavy (non-hydrogen) atoms. The van der Waals surface area contributed by atoms with Crippen molar-refractivity contribution < 1.29 is 14.4 Å². The second-order valence-electron chi connectivity index (χ2n) is 6.34. The van der Waals surface area contributed by atoms with Gasteiger partial charge in [0.05, 0.1) is 11.2 Å². The van der Waals surface area contributed by atoms with Crippen molar-refractivity contribution in [1.29, 1.82) is 0 Å². The highest BCUT2D eigenvalue weighted by Crippen LogP contribution is 2.37. The molecule has 0 bridgehead atoms. The van der Waals surface area contributed by atoms with E-state index in [-0.39, 0.29) is 17.0 Å². The first kappa shape index (κ1) is 13.5. The lowest BCUT2D eigenvalue weighted by molar-refractivity contribution is 0.00578. The summed E-state index contributed by atoms with van der Waals surface area (Å²) in [4.78, 5) is 0. The number of rotatable bonds is 1. The predicted octanol–water partition coefficient (Wildman–Crippen LogP) is 2.84. The number of hydrogen-bond donors (Lipinski definition) is 1. The Morgan fingerprint density at radius 3 is 2.20 bits per heavy atom. The van der Waals surface area contributed by atoms with Crippen LogP contribution >= 0.6 is 0 Å². The molecule has 4 heteroatoms. The summed E-state index contributed by atoms with van der Waals surface area (Å²) in [7, 11) is -0.461. The maximum Gasteiger partial charge on any atom is 0.495 e. The molecule has 0 saturated carbocycles. The summed E-state index contributed by atoms with van der Waals surface area (Å²) >= 11 is 0. The van der Waals surface area contributed by atoms with Gasteiger partial charge in [-0.2, -0.15) is 0 Å². The zero-order chi connectivity index (χ0) is 14.5. The van der Waals surface area contributed by atoms with Gasteiger partial charge in [-0.15, -0.1) is 0 Å². The Hall–Kier alpha value is -1.52. The molecule has 1 heterocycles. The molecule has 1 fully saturated rings. The number of phenolic OH excluding ortho intramolecular Hbond substituents is 1. The zero-order valence-electron chi connectivity index (χ0n) is 12.3. The van der Waals surface area contributed by atoms with Crippen LogP contribution < -0.4 is 5.46 Å². The topological polar surface area (TPSA) is 38.7 Å². The van der Waals surface area contributed by atoms with Crippen molar-refractivity contribution in [2.75, 3.05) is 0 Å². The van der Waals surface area contributed by atoms with Crippen LogP contribution in [0.25, 0.3) is 10.8 Å². The van der Waals surface area contributed by atoms with Gasteiger partial charge in [0, 0.05) is 0 Å². The van der Waals surface area contributed by atoms with Crippen molar-refractivity contribution in [3.8, 4) is 5.75 Å². The van der Waals surface area contributed by atoms with E-state index in [0.717, 1.165) is 16.2 Å². The zero-order valence-corrected chi connectivity index (χ0v) is 12.3. The highest BCUT2D eigenvalue weighted by atomic mass is 16.7. The predicted molar refractivity (Wildman–Crippen MR) is 81.3 cm³/mol. The van der Waals surface area contributed by atoms with Gasteiger partial charge in [0.2, 0.25) is 0 Å². The molecule has 1 saturated heterocycles. The first-order chi connectivity index (χ1) is 9.30. The number of phenols is 1. The number of benzene rings is 2. The van der Waals surface area contributed by atoms with Gasteiger partial charge in [-0.05, 0) is 56.1 Å². The Labute approximate surface area is 119 Å². The molecule has 0 radical (unpaired) electrons. The fourth-order valence-corrected chi connectivity index (χ4v) is 2.49. The van der Waals surface area contributed by atoms with Gasteiger partial charge >= 0.3 is 7.12 Å². The third kappa shape index (κ3) is 2.00. The molecule has 1 N–H and O–H groups in total. The fraction of sp³-hybridized carbons (Fsp3) is 0.375. The van der Waals surface area contributed by atoms with Gasteiger partial charge in [0.15, 0.2) is 0 Å². The number of fused-ring (bicyclic) bond motifs is 1. The molecule has 3 rings (SSSR count). The molecule has 0 aromatic heterocycles. The van der Waals surface area contributed by atoms with Crippen molar-refractivity contribution in [2.24, 2.45) is 0 Å². The lowest BCUT2D eigenvalue weighted by Gasteiger charge is -2.32. The van der Waals surface area contributed by atoms with Crippen molar-refractivity contribution in [3.63, 3.8) is 0 Å². The second kappa shape index (κ2) is 4.24. The van der Waals surface area contributed by atoms with Crippen molar-refractivity contribution >= 4 is 23.4 Å². The summed E-state index contributed by atoms with van der Waals surface area (Å²) in [6.45, 7) is 8.10. The van der Waals surface area contributed by atoms with Gasteiger partial charge < -0.3 is 14.4 Å². The molecule has 1 aliphatic heterocycles. The fourth-order valence-electron chi connectivity index (χ4n) is 2.49. The van der Waals surface area contributed by atoms with E-state index >= 15 is 0 Å². The summed E-state index contributed by atoms with van der Waals surface area (Å²) in [5, 5.41) is 11.9. The lowest BCUT2D eigenvalue weighted by atomic mass is 9.76. The van der Waals surface area contributed by atoms with Crippen LogP contribution in [0, 0.1) is 0 Å². The van der Waals surface area contributed by atoms with Gasteiger partial charge in [-0.3, -0.25) is 0 Å². The monoisotopic (exact) mass is 270 g/mol. The van der Waals surface area contributed by atoms with E-state index in [1.807, 2.05) is 52.0 Å². The Morgan fingerprint density at radius 1 is 0.950 bits per heavy atom. The van der Waals surface area contributed by atoms with Gasteiger partial charge in [0.25, 0.3) is 0 Å². The Kier molecular flexibility index (Phi) is 2.85. The molecule has 3 nitrogen and oxygen atoms in total.